The lowest BCUT2D eigenvalue weighted by molar-refractivity contribution is -0.118. The van der Waals surface area contributed by atoms with E-state index < -0.39 is 5.54 Å². The number of carbonyl (C=O) groups excluding carboxylic acids is 2. The lowest BCUT2D eigenvalue weighted by atomic mass is 10.1. The molecule has 1 fully saturated rings. The van der Waals surface area contributed by atoms with E-state index in [2.05, 4.69) is 15.6 Å². The number of hydrogen-bond donors (Lipinski definition) is 3. The van der Waals surface area contributed by atoms with Gasteiger partial charge in [0.25, 0.3) is 0 Å². The molecule has 1 aromatic heterocycles. The molecule has 0 bridgehead atoms. The van der Waals surface area contributed by atoms with Gasteiger partial charge in [0.1, 0.15) is 0 Å². The van der Waals surface area contributed by atoms with Crippen LogP contribution in [0.4, 0.5) is 10.8 Å². The van der Waals surface area contributed by atoms with Crippen LogP contribution in [-0.4, -0.2) is 22.3 Å². The quantitative estimate of drug-likeness (QED) is 0.787. The first kappa shape index (κ1) is 17.4. The van der Waals surface area contributed by atoms with Gasteiger partial charge in [0.05, 0.1) is 11.2 Å². The van der Waals surface area contributed by atoms with Crippen molar-refractivity contribution in [2.45, 2.75) is 25.3 Å². The third-order valence-electron chi connectivity index (χ3n) is 3.47. The van der Waals surface area contributed by atoms with E-state index in [-0.39, 0.29) is 24.2 Å². The van der Waals surface area contributed by atoms with E-state index in [0.29, 0.717) is 5.13 Å². The summed E-state index contributed by atoms with van der Waals surface area (Å²) in [6, 6.07) is 7.37. The van der Waals surface area contributed by atoms with Gasteiger partial charge in [-0.3, -0.25) is 9.59 Å². The summed E-state index contributed by atoms with van der Waals surface area (Å²) in [6.45, 7) is 1.47. The Morgan fingerprint density at radius 3 is 2.43 bits per heavy atom. The van der Waals surface area contributed by atoms with Gasteiger partial charge < -0.3 is 16.4 Å². The summed E-state index contributed by atoms with van der Waals surface area (Å²) in [6.07, 6.45) is 1.45. The second kappa shape index (κ2) is 6.66. The van der Waals surface area contributed by atoms with Gasteiger partial charge in [-0.2, -0.15) is 0 Å². The molecule has 0 saturated heterocycles. The Kier molecular flexibility index (Phi) is 5.03. The van der Waals surface area contributed by atoms with Crippen molar-refractivity contribution in [3.05, 3.63) is 29.6 Å². The van der Waals surface area contributed by atoms with E-state index in [4.69, 9.17) is 5.73 Å². The molecule has 6 nitrogen and oxygen atoms in total. The number of anilines is 2. The molecule has 1 aliphatic carbocycles. The molecule has 0 spiro atoms. The van der Waals surface area contributed by atoms with Gasteiger partial charge in [-0.1, -0.05) is 12.1 Å². The monoisotopic (exact) mass is 352 g/mol. The fourth-order valence-electron chi connectivity index (χ4n) is 1.97. The molecular formula is C15H17ClN4O2S. The van der Waals surface area contributed by atoms with E-state index >= 15 is 0 Å². The van der Waals surface area contributed by atoms with Crippen LogP contribution in [-0.2, 0) is 9.59 Å². The van der Waals surface area contributed by atoms with Crippen molar-refractivity contribution in [1.82, 2.24) is 4.98 Å². The van der Waals surface area contributed by atoms with Crippen LogP contribution < -0.4 is 16.4 Å². The largest absolute Gasteiger partial charge is 0.326 e. The molecule has 3 rings (SSSR count). The predicted molar refractivity (Wildman–Crippen MR) is 93.9 cm³/mol. The summed E-state index contributed by atoms with van der Waals surface area (Å²) < 4.78 is 0. The van der Waals surface area contributed by atoms with Crippen molar-refractivity contribution in [3.63, 3.8) is 0 Å². The zero-order valence-electron chi connectivity index (χ0n) is 12.5. The van der Waals surface area contributed by atoms with Gasteiger partial charge in [-0.25, -0.2) is 4.98 Å². The summed E-state index contributed by atoms with van der Waals surface area (Å²) in [7, 11) is 0. The maximum atomic E-state index is 11.9. The van der Waals surface area contributed by atoms with Crippen molar-refractivity contribution >= 4 is 46.4 Å². The predicted octanol–water partition coefficient (Wildman–Crippen LogP) is 2.62. The molecule has 0 aliphatic heterocycles. The topological polar surface area (TPSA) is 97.1 Å². The number of carbonyl (C=O) groups is 2. The first-order valence-corrected chi connectivity index (χ1v) is 7.78. The molecule has 8 heteroatoms. The highest BCUT2D eigenvalue weighted by Crippen LogP contribution is 2.34. The summed E-state index contributed by atoms with van der Waals surface area (Å²) in [4.78, 5) is 27.3. The number of rotatable bonds is 4. The van der Waals surface area contributed by atoms with Crippen molar-refractivity contribution in [3.8, 4) is 11.3 Å². The van der Waals surface area contributed by atoms with Crippen LogP contribution in [0.15, 0.2) is 29.6 Å². The van der Waals surface area contributed by atoms with Crippen molar-refractivity contribution < 1.29 is 9.59 Å². The number of halogens is 1. The summed E-state index contributed by atoms with van der Waals surface area (Å²) >= 11 is 1.36. The highest BCUT2D eigenvalue weighted by molar-refractivity contribution is 7.14. The standard InChI is InChI=1S/C15H16N4O2S.ClH/c1-9(20)17-11-4-2-10(3-5-11)12-8-22-14(18-12)19-13(21)15(16)6-7-15;/h2-5,8H,6-7,16H2,1H3,(H,17,20)(H,18,19,21);1H. The Bertz CT molecular complexity index is 725. The van der Waals surface area contributed by atoms with E-state index in [1.165, 1.54) is 18.3 Å². The van der Waals surface area contributed by atoms with Crippen molar-refractivity contribution in [2.24, 2.45) is 5.73 Å². The molecule has 1 saturated carbocycles. The molecule has 1 aliphatic rings. The third-order valence-corrected chi connectivity index (χ3v) is 4.22. The maximum Gasteiger partial charge on any atom is 0.246 e. The van der Waals surface area contributed by atoms with Gasteiger partial charge in [-0.15, -0.1) is 23.7 Å². The minimum atomic E-state index is -0.703. The first-order chi connectivity index (χ1) is 10.5. The molecule has 1 heterocycles. The Balaban J connectivity index is 0.00000192. The van der Waals surface area contributed by atoms with Crippen LogP contribution in [0.5, 0.6) is 0 Å². The van der Waals surface area contributed by atoms with Crippen LogP contribution in [0.1, 0.15) is 19.8 Å². The number of nitrogens with one attached hydrogen (secondary N) is 2. The van der Waals surface area contributed by atoms with E-state index in [0.717, 1.165) is 29.8 Å². The first-order valence-electron chi connectivity index (χ1n) is 6.90. The summed E-state index contributed by atoms with van der Waals surface area (Å²) in [5, 5.41) is 7.89. The highest BCUT2D eigenvalue weighted by Gasteiger charge is 2.46. The molecule has 0 radical (unpaired) electrons. The summed E-state index contributed by atoms with van der Waals surface area (Å²) in [5.74, 6) is -0.281. The number of thiazole rings is 1. The lowest BCUT2D eigenvalue weighted by Crippen LogP contribution is -2.37. The average Bonchev–Trinajstić information content (AvgIpc) is 3.06. The zero-order chi connectivity index (χ0) is 15.7. The third kappa shape index (κ3) is 4.07. The van der Waals surface area contributed by atoms with Crippen LogP contribution in [0.25, 0.3) is 11.3 Å². The number of aromatic nitrogens is 1. The minimum absolute atomic E-state index is 0. The van der Waals surface area contributed by atoms with Gasteiger partial charge >= 0.3 is 0 Å². The van der Waals surface area contributed by atoms with Crippen LogP contribution in [0.2, 0.25) is 0 Å². The SMILES string of the molecule is CC(=O)Nc1ccc(-c2csc(NC(=O)C3(N)CC3)n2)cc1.Cl. The molecule has 0 atom stereocenters. The molecule has 23 heavy (non-hydrogen) atoms. The molecule has 4 N–H and O–H groups in total. The van der Waals surface area contributed by atoms with E-state index in [9.17, 15) is 9.59 Å². The fourth-order valence-corrected chi connectivity index (χ4v) is 2.69. The van der Waals surface area contributed by atoms with Gasteiger partial charge in [0, 0.05) is 23.6 Å². The minimum Gasteiger partial charge on any atom is -0.326 e. The van der Waals surface area contributed by atoms with Crippen molar-refractivity contribution in [2.75, 3.05) is 10.6 Å². The lowest BCUT2D eigenvalue weighted by Gasteiger charge is -2.06. The number of nitrogens with two attached hydrogens (primary N) is 1. The number of amides is 2. The molecule has 2 aromatic rings. The molecule has 122 valence electrons. The normalized spacial score (nSPS) is 14.5. The van der Waals surface area contributed by atoms with Crippen molar-refractivity contribution in [1.29, 1.82) is 0 Å². The number of nitrogens with zero attached hydrogens (tertiary/aromatic N) is 1. The Labute approximate surface area is 143 Å². The second-order valence-electron chi connectivity index (χ2n) is 5.41. The van der Waals surface area contributed by atoms with E-state index in [1.807, 2.05) is 29.6 Å². The second-order valence-corrected chi connectivity index (χ2v) is 6.26. The maximum absolute atomic E-state index is 11.9. The van der Waals surface area contributed by atoms with Crippen LogP contribution in [0.3, 0.4) is 0 Å². The van der Waals surface area contributed by atoms with Crippen LogP contribution >= 0.6 is 23.7 Å². The van der Waals surface area contributed by atoms with Crippen LogP contribution in [0, 0.1) is 0 Å². The van der Waals surface area contributed by atoms with E-state index in [1.54, 1.807) is 0 Å². The Hall–Kier alpha value is -1.96. The fraction of sp³-hybridized carbons (Fsp3) is 0.267. The zero-order valence-corrected chi connectivity index (χ0v) is 14.1. The Morgan fingerprint density at radius 2 is 1.87 bits per heavy atom. The highest BCUT2D eigenvalue weighted by atomic mass is 35.5. The molecular weight excluding hydrogens is 336 g/mol. The molecule has 1 aromatic carbocycles. The Morgan fingerprint density at radius 1 is 1.22 bits per heavy atom. The molecule has 2 amide bonds. The number of hydrogen-bond acceptors (Lipinski definition) is 5. The van der Waals surface area contributed by atoms with Gasteiger partial charge in [0.15, 0.2) is 5.13 Å². The number of benzene rings is 1. The average molecular weight is 353 g/mol. The summed E-state index contributed by atoms with van der Waals surface area (Å²) in [5.41, 5.74) is 7.57. The molecule has 0 unspecified atom stereocenters. The smallest absolute Gasteiger partial charge is 0.246 e. The van der Waals surface area contributed by atoms with Gasteiger partial charge in [0.2, 0.25) is 11.8 Å². The van der Waals surface area contributed by atoms with Gasteiger partial charge in [-0.05, 0) is 25.0 Å².